The normalized spacial score (nSPS) is 12.9. The molecule has 0 saturated heterocycles. The number of rotatable bonds is 5. The molecule has 0 spiro atoms. The van der Waals surface area contributed by atoms with Crippen molar-refractivity contribution in [2.75, 3.05) is 12.4 Å². The molecule has 1 aromatic rings. The molecule has 0 aliphatic carbocycles. The van der Waals surface area contributed by atoms with Crippen LogP contribution in [-0.2, 0) is 5.75 Å². The number of hydrogen-bond donors (Lipinski definition) is 1. The van der Waals surface area contributed by atoms with Gasteiger partial charge in [-0.25, -0.2) is 4.98 Å². The number of hydrogen-bond acceptors (Lipinski definition) is 3. The Labute approximate surface area is 96.9 Å². The van der Waals surface area contributed by atoms with Crippen molar-refractivity contribution in [1.82, 2.24) is 4.98 Å². The van der Waals surface area contributed by atoms with Crippen LogP contribution in [0.5, 0.6) is 0 Å². The highest BCUT2D eigenvalue weighted by Crippen LogP contribution is 2.22. The summed E-state index contributed by atoms with van der Waals surface area (Å²) < 4.78 is 0. The zero-order valence-corrected chi connectivity index (χ0v) is 10.8. The lowest BCUT2D eigenvalue weighted by molar-refractivity contribution is 0.642. The minimum atomic E-state index is 0.703. The van der Waals surface area contributed by atoms with Gasteiger partial charge in [-0.3, -0.25) is 0 Å². The SMILES string of the molecule is CNc1ccc(CSC(C)C(C)C)cn1. The Balaban J connectivity index is 2.44. The van der Waals surface area contributed by atoms with Gasteiger partial charge in [0.25, 0.3) is 0 Å². The van der Waals surface area contributed by atoms with E-state index in [9.17, 15) is 0 Å². The zero-order valence-electron chi connectivity index (χ0n) is 9.95. The summed E-state index contributed by atoms with van der Waals surface area (Å²) in [5.41, 5.74) is 1.30. The fourth-order valence-electron chi connectivity index (χ4n) is 1.08. The van der Waals surface area contributed by atoms with Crippen molar-refractivity contribution in [3.63, 3.8) is 0 Å². The van der Waals surface area contributed by atoms with E-state index >= 15 is 0 Å². The molecule has 84 valence electrons. The van der Waals surface area contributed by atoms with Crippen molar-refractivity contribution in [2.24, 2.45) is 5.92 Å². The number of pyridine rings is 1. The maximum absolute atomic E-state index is 4.30. The Bertz CT molecular complexity index is 282. The first kappa shape index (κ1) is 12.4. The molecule has 0 saturated carbocycles. The van der Waals surface area contributed by atoms with Crippen LogP contribution in [0.15, 0.2) is 18.3 Å². The second kappa shape index (κ2) is 6.01. The monoisotopic (exact) mass is 224 g/mol. The van der Waals surface area contributed by atoms with Crippen molar-refractivity contribution < 1.29 is 0 Å². The van der Waals surface area contributed by atoms with Crippen molar-refractivity contribution in [3.8, 4) is 0 Å². The molecule has 1 rings (SSSR count). The largest absolute Gasteiger partial charge is 0.373 e. The van der Waals surface area contributed by atoms with E-state index in [1.54, 1.807) is 0 Å². The van der Waals surface area contributed by atoms with E-state index in [0.29, 0.717) is 5.25 Å². The Morgan fingerprint density at radius 2 is 2.07 bits per heavy atom. The third kappa shape index (κ3) is 4.12. The van der Waals surface area contributed by atoms with Crippen LogP contribution in [0.25, 0.3) is 0 Å². The van der Waals surface area contributed by atoms with Gasteiger partial charge in [0.05, 0.1) is 0 Å². The topological polar surface area (TPSA) is 24.9 Å². The van der Waals surface area contributed by atoms with Crippen LogP contribution >= 0.6 is 11.8 Å². The molecule has 2 nitrogen and oxygen atoms in total. The lowest BCUT2D eigenvalue weighted by atomic mass is 10.2. The van der Waals surface area contributed by atoms with Crippen LogP contribution in [0.3, 0.4) is 0 Å². The van der Waals surface area contributed by atoms with Gasteiger partial charge < -0.3 is 5.32 Å². The van der Waals surface area contributed by atoms with E-state index in [-0.39, 0.29) is 0 Å². The Morgan fingerprint density at radius 1 is 1.33 bits per heavy atom. The standard InChI is InChI=1S/C12H20N2S/c1-9(2)10(3)15-8-11-5-6-12(13-4)14-7-11/h5-7,9-10H,8H2,1-4H3,(H,13,14). The first-order chi connectivity index (χ1) is 7.13. The quantitative estimate of drug-likeness (QED) is 0.829. The first-order valence-electron chi connectivity index (χ1n) is 5.37. The second-order valence-electron chi connectivity index (χ2n) is 4.06. The smallest absolute Gasteiger partial charge is 0.125 e. The number of aromatic nitrogens is 1. The van der Waals surface area contributed by atoms with Gasteiger partial charge in [-0.15, -0.1) is 0 Å². The van der Waals surface area contributed by atoms with Crippen LogP contribution < -0.4 is 5.32 Å². The third-order valence-electron chi connectivity index (χ3n) is 2.53. The summed E-state index contributed by atoms with van der Waals surface area (Å²) in [6.07, 6.45) is 1.95. The summed E-state index contributed by atoms with van der Waals surface area (Å²) >= 11 is 1.99. The van der Waals surface area contributed by atoms with Gasteiger partial charge in [-0.1, -0.05) is 26.8 Å². The average Bonchev–Trinajstić information content (AvgIpc) is 2.26. The second-order valence-corrected chi connectivity index (χ2v) is 5.43. The number of anilines is 1. The van der Waals surface area contributed by atoms with E-state index in [2.05, 4.69) is 37.1 Å². The summed E-state index contributed by atoms with van der Waals surface area (Å²) in [5, 5.41) is 3.72. The molecular formula is C12H20N2S. The fourth-order valence-corrected chi connectivity index (χ4v) is 2.09. The van der Waals surface area contributed by atoms with Crippen LogP contribution in [0.4, 0.5) is 5.82 Å². The molecule has 0 bridgehead atoms. The molecule has 0 amide bonds. The third-order valence-corrected chi connectivity index (χ3v) is 4.10. The zero-order chi connectivity index (χ0) is 11.3. The van der Waals surface area contributed by atoms with E-state index < -0.39 is 0 Å². The Kier molecular flexibility index (Phi) is 4.95. The van der Waals surface area contributed by atoms with Gasteiger partial charge in [0.1, 0.15) is 5.82 Å². The van der Waals surface area contributed by atoms with Crippen LogP contribution in [0, 0.1) is 5.92 Å². The molecular weight excluding hydrogens is 204 g/mol. The van der Waals surface area contributed by atoms with Crippen LogP contribution in [-0.4, -0.2) is 17.3 Å². The van der Waals surface area contributed by atoms with Crippen molar-refractivity contribution >= 4 is 17.6 Å². The minimum Gasteiger partial charge on any atom is -0.373 e. The molecule has 1 unspecified atom stereocenters. The number of nitrogens with zero attached hydrogens (tertiary/aromatic N) is 1. The molecule has 0 radical (unpaired) electrons. The summed E-state index contributed by atoms with van der Waals surface area (Å²) in [4.78, 5) is 4.30. The molecule has 0 aliphatic heterocycles. The molecule has 1 heterocycles. The lowest BCUT2D eigenvalue weighted by Crippen LogP contribution is -2.05. The first-order valence-corrected chi connectivity index (χ1v) is 6.42. The summed E-state index contributed by atoms with van der Waals surface area (Å²) in [6, 6.07) is 4.16. The van der Waals surface area contributed by atoms with Gasteiger partial charge in [0.15, 0.2) is 0 Å². The Hall–Kier alpha value is -0.700. The predicted molar refractivity (Wildman–Crippen MR) is 69.4 cm³/mol. The van der Waals surface area contributed by atoms with E-state index in [4.69, 9.17) is 0 Å². The van der Waals surface area contributed by atoms with Crippen LogP contribution in [0.2, 0.25) is 0 Å². The molecule has 15 heavy (non-hydrogen) atoms. The maximum Gasteiger partial charge on any atom is 0.125 e. The van der Waals surface area contributed by atoms with Crippen molar-refractivity contribution in [3.05, 3.63) is 23.9 Å². The highest BCUT2D eigenvalue weighted by atomic mass is 32.2. The molecule has 1 aromatic heterocycles. The molecule has 1 atom stereocenters. The van der Waals surface area contributed by atoms with E-state index in [0.717, 1.165) is 17.5 Å². The number of nitrogens with one attached hydrogen (secondary N) is 1. The molecule has 1 N–H and O–H groups in total. The lowest BCUT2D eigenvalue weighted by Gasteiger charge is -2.14. The van der Waals surface area contributed by atoms with Gasteiger partial charge in [0.2, 0.25) is 0 Å². The minimum absolute atomic E-state index is 0.703. The van der Waals surface area contributed by atoms with Crippen molar-refractivity contribution in [1.29, 1.82) is 0 Å². The fraction of sp³-hybridized carbons (Fsp3) is 0.583. The van der Waals surface area contributed by atoms with Gasteiger partial charge in [-0.05, 0) is 17.5 Å². The van der Waals surface area contributed by atoms with Gasteiger partial charge in [-0.2, -0.15) is 11.8 Å². The van der Waals surface area contributed by atoms with E-state index in [1.165, 1.54) is 5.56 Å². The van der Waals surface area contributed by atoms with Crippen molar-refractivity contribution in [2.45, 2.75) is 31.8 Å². The van der Waals surface area contributed by atoms with E-state index in [1.807, 2.05) is 31.1 Å². The van der Waals surface area contributed by atoms with Crippen LogP contribution in [0.1, 0.15) is 26.3 Å². The highest BCUT2D eigenvalue weighted by Gasteiger charge is 2.07. The summed E-state index contributed by atoms with van der Waals surface area (Å²) in [5.74, 6) is 2.72. The average molecular weight is 224 g/mol. The predicted octanol–water partition coefficient (Wildman–Crippen LogP) is 3.40. The number of thioether (sulfide) groups is 1. The summed E-state index contributed by atoms with van der Waals surface area (Å²) in [6.45, 7) is 6.81. The summed E-state index contributed by atoms with van der Waals surface area (Å²) in [7, 11) is 1.89. The molecule has 3 heteroatoms. The highest BCUT2D eigenvalue weighted by molar-refractivity contribution is 7.99. The molecule has 0 fully saturated rings. The van der Waals surface area contributed by atoms with Gasteiger partial charge in [0, 0.05) is 24.2 Å². The molecule has 0 aromatic carbocycles. The maximum atomic E-state index is 4.30. The molecule has 0 aliphatic rings. The Morgan fingerprint density at radius 3 is 2.53 bits per heavy atom. The van der Waals surface area contributed by atoms with Gasteiger partial charge >= 0.3 is 0 Å².